The Morgan fingerprint density at radius 2 is 1.95 bits per heavy atom. The predicted molar refractivity (Wildman–Crippen MR) is 86.0 cm³/mol. The lowest BCUT2D eigenvalue weighted by Gasteiger charge is -2.21. The number of hydrogen-bond donors (Lipinski definition) is 0. The fourth-order valence-electron chi connectivity index (χ4n) is 3.05. The van der Waals surface area contributed by atoms with E-state index in [2.05, 4.69) is 16.0 Å². The summed E-state index contributed by atoms with van der Waals surface area (Å²) >= 11 is 6.33. The average molecular weight is 311 g/mol. The van der Waals surface area contributed by atoms with Gasteiger partial charge in [-0.25, -0.2) is 4.98 Å². The molecule has 0 fully saturated rings. The minimum Gasteiger partial charge on any atom is -0.440 e. The zero-order chi connectivity index (χ0) is 14.9. The van der Waals surface area contributed by atoms with Crippen LogP contribution in [0, 0.1) is 0 Å². The van der Waals surface area contributed by atoms with Gasteiger partial charge < -0.3 is 4.42 Å². The molecule has 4 rings (SSSR count). The van der Waals surface area contributed by atoms with Crippen LogP contribution < -0.4 is 0 Å². The Kier molecular flexibility index (Phi) is 3.43. The van der Waals surface area contributed by atoms with Crippen LogP contribution >= 0.6 is 11.6 Å². The number of nitrogens with zero attached hydrogens (tertiary/aromatic N) is 2. The molecule has 3 aromatic rings. The van der Waals surface area contributed by atoms with Gasteiger partial charge in [-0.15, -0.1) is 0 Å². The second-order valence-electron chi connectivity index (χ2n) is 5.57. The van der Waals surface area contributed by atoms with Gasteiger partial charge in [0, 0.05) is 24.1 Å². The van der Waals surface area contributed by atoms with Gasteiger partial charge in [0.2, 0.25) is 5.89 Å². The minimum absolute atomic E-state index is 0.405. The van der Waals surface area contributed by atoms with Crippen LogP contribution in [0.1, 0.15) is 29.4 Å². The second-order valence-corrected chi connectivity index (χ2v) is 5.97. The van der Waals surface area contributed by atoms with Gasteiger partial charge in [0.1, 0.15) is 11.5 Å². The molecule has 1 atom stereocenters. The number of rotatable bonds is 2. The van der Waals surface area contributed by atoms with Crippen molar-refractivity contribution in [3.05, 3.63) is 70.7 Å². The van der Waals surface area contributed by atoms with Gasteiger partial charge in [-0.2, -0.15) is 0 Å². The summed E-state index contributed by atoms with van der Waals surface area (Å²) in [6, 6.07) is 13.8. The summed E-state index contributed by atoms with van der Waals surface area (Å²) in [4.78, 5) is 8.96. The van der Waals surface area contributed by atoms with E-state index in [0.717, 1.165) is 41.4 Å². The van der Waals surface area contributed by atoms with E-state index in [9.17, 15) is 0 Å². The molecule has 0 aliphatic heterocycles. The SMILES string of the molecule is Clc1ccccc1[C@@H]1CCc2oc(-c3ccccn3)nc2C1. The second kappa shape index (κ2) is 5.58. The molecular formula is C18H15ClN2O. The fourth-order valence-corrected chi connectivity index (χ4v) is 3.34. The molecule has 0 N–H and O–H groups in total. The molecule has 3 nitrogen and oxygen atoms in total. The highest BCUT2D eigenvalue weighted by molar-refractivity contribution is 6.31. The third kappa shape index (κ3) is 2.42. The van der Waals surface area contributed by atoms with Crippen LogP contribution in [-0.2, 0) is 12.8 Å². The number of aryl methyl sites for hydroxylation is 1. The first-order valence-electron chi connectivity index (χ1n) is 7.45. The third-order valence-corrected chi connectivity index (χ3v) is 4.51. The number of pyridine rings is 1. The normalized spacial score (nSPS) is 17.2. The molecule has 2 aromatic heterocycles. The van der Waals surface area contributed by atoms with E-state index in [1.807, 2.05) is 36.4 Å². The minimum atomic E-state index is 0.405. The number of halogens is 1. The predicted octanol–water partition coefficient (Wildman–Crippen LogP) is 4.66. The maximum atomic E-state index is 6.33. The Bertz CT molecular complexity index is 798. The number of hydrogen-bond acceptors (Lipinski definition) is 3. The molecule has 0 saturated heterocycles. The van der Waals surface area contributed by atoms with Gasteiger partial charge >= 0.3 is 0 Å². The number of oxazole rings is 1. The number of aromatic nitrogens is 2. The summed E-state index contributed by atoms with van der Waals surface area (Å²) in [5.41, 5.74) is 3.03. The van der Waals surface area contributed by atoms with Crippen molar-refractivity contribution in [2.24, 2.45) is 0 Å². The van der Waals surface area contributed by atoms with Crippen molar-refractivity contribution in [1.29, 1.82) is 0 Å². The van der Waals surface area contributed by atoms with Crippen molar-refractivity contribution in [3.8, 4) is 11.6 Å². The van der Waals surface area contributed by atoms with Crippen molar-refractivity contribution in [2.75, 3.05) is 0 Å². The highest BCUT2D eigenvalue weighted by Gasteiger charge is 2.26. The van der Waals surface area contributed by atoms with Crippen LogP contribution in [0.5, 0.6) is 0 Å². The van der Waals surface area contributed by atoms with Crippen molar-refractivity contribution in [3.63, 3.8) is 0 Å². The summed E-state index contributed by atoms with van der Waals surface area (Å²) in [5.74, 6) is 2.01. The lowest BCUT2D eigenvalue weighted by Crippen LogP contribution is -2.12. The van der Waals surface area contributed by atoms with Gasteiger partial charge in [-0.05, 0) is 36.1 Å². The monoisotopic (exact) mass is 310 g/mol. The Balaban J connectivity index is 1.64. The molecular weight excluding hydrogens is 296 g/mol. The summed E-state index contributed by atoms with van der Waals surface area (Å²) in [5, 5.41) is 0.837. The lowest BCUT2D eigenvalue weighted by molar-refractivity contribution is 0.464. The summed E-state index contributed by atoms with van der Waals surface area (Å²) in [7, 11) is 0. The Morgan fingerprint density at radius 3 is 2.77 bits per heavy atom. The molecule has 1 aliphatic rings. The van der Waals surface area contributed by atoms with Crippen LogP contribution in [0.3, 0.4) is 0 Å². The zero-order valence-corrected chi connectivity index (χ0v) is 12.8. The van der Waals surface area contributed by atoms with Crippen LogP contribution in [0.4, 0.5) is 0 Å². The van der Waals surface area contributed by atoms with Gasteiger partial charge in [0.15, 0.2) is 0 Å². The maximum Gasteiger partial charge on any atom is 0.245 e. The highest BCUT2D eigenvalue weighted by atomic mass is 35.5. The maximum absolute atomic E-state index is 6.33. The Hall–Kier alpha value is -2.13. The summed E-state index contributed by atoms with van der Waals surface area (Å²) in [6.45, 7) is 0. The number of fused-ring (bicyclic) bond motifs is 1. The molecule has 0 amide bonds. The van der Waals surface area contributed by atoms with Crippen LogP contribution in [-0.4, -0.2) is 9.97 Å². The molecule has 0 bridgehead atoms. The smallest absolute Gasteiger partial charge is 0.245 e. The molecule has 0 radical (unpaired) electrons. The molecule has 1 aromatic carbocycles. The van der Waals surface area contributed by atoms with E-state index < -0.39 is 0 Å². The first-order valence-corrected chi connectivity index (χ1v) is 7.83. The molecule has 4 heteroatoms. The Morgan fingerprint density at radius 1 is 1.09 bits per heavy atom. The average Bonchev–Trinajstić information content (AvgIpc) is 2.99. The molecule has 0 spiro atoms. The molecule has 110 valence electrons. The first kappa shape index (κ1) is 13.5. The Labute approximate surface area is 134 Å². The highest BCUT2D eigenvalue weighted by Crippen LogP contribution is 2.36. The molecule has 0 unspecified atom stereocenters. The largest absolute Gasteiger partial charge is 0.440 e. The first-order chi connectivity index (χ1) is 10.8. The summed E-state index contributed by atoms with van der Waals surface area (Å²) < 4.78 is 5.90. The molecule has 22 heavy (non-hydrogen) atoms. The van der Waals surface area contributed by atoms with Crippen LogP contribution in [0.2, 0.25) is 5.02 Å². The molecule has 2 heterocycles. The van der Waals surface area contributed by atoms with Gasteiger partial charge in [-0.1, -0.05) is 35.9 Å². The third-order valence-electron chi connectivity index (χ3n) is 4.17. The molecule has 0 saturated carbocycles. The van der Waals surface area contributed by atoms with E-state index in [-0.39, 0.29) is 0 Å². The lowest BCUT2D eigenvalue weighted by atomic mass is 9.85. The van der Waals surface area contributed by atoms with Crippen molar-refractivity contribution in [2.45, 2.75) is 25.2 Å². The zero-order valence-electron chi connectivity index (χ0n) is 12.0. The van der Waals surface area contributed by atoms with Crippen LogP contribution in [0.25, 0.3) is 11.6 Å². The van der Waals surface area contributed by atoms with E-state index in [4.69, 9.17) is 16.0 Å². The fraction of sp³-hybridized carbons (Fsp3) is 0.222. The van der Waals surface area contributed by atoms with Gasteiger partial charge in [-0.3, -0.25) is 4.98 Å². The van der Waals surface area contributed by atoms with E-state index in [0.29, 0.717) is 11.8 Å². The topological polar surface area (TPSA) is 38.9 Å². The van der Waals surface area contributed by atoms with Crippen molar-refractivity contribution < 1.29 is 4.42 Å². The van der Waals surface area contributed by atoms with E-state index in [1.165, 1.54) is 5.56 Å². The van der Waals surface area contributed by atoms with Crippen molar-refractivity contribution in [1.82, 2.24) is 9.97 Å². The van der Waals surface area contributed by atoms with E-state index in [1.54, 1.807) is 6.20 Å². The van der Waals surface area contributed by atoms with Crippen LogP contribution in [0.15, 0.2) is 53.1 Å². The molecule has 1 aliphatic carbocycles. The van der Waals surface area contributed by atoms with Gasteiger partial charge in [0.05, 0.1) is 5.69 Å². The number of benzene rings is 1. The van der Waals surface area contributed by atoms with Crippen molar-refractivity contribution >= 4 is 11.6 Å². The standard InChI is InChI=1S/C18H15ClN2O/c19-14-6-2-1-5-13(14)12-8-9-17-16(11-12)21-18(22-17)15-7-3-4-10-20-15/h1-7,10,12H,8-9,11H2/t12-/m1/s1. The van der Waals surface area contributed by atoms with Gasteiger partial charge in [0.25, 0.3) is 0 Å². The summed E-state index contributed by atoms with van der Waals surface area (Å²) in [6.07, 6.45) is 4.55. The quantitative estimate of drug-likeness (QED) is 0.691. The van der Waals surface area contributed by atoms with E-state index >= 15 is 0 Å².